The summed E-state index contributed by atoms with van der Waals surface area (Å²) in [6.45, 7) is 9.85. The van der Waals surface area contributed by atoms with Crippen molar-refractivity contribution in [2.24, 2.45) is 35.5 Å². The van der Waals surface area contributed by atoms with E-state index in [9.17, 15) is 0 Å². The standard InChI is InChI=1S/C15H28/c1-10(2)13-8-6-12(4)14-7-5-11(3)9-15(13)14/h10-15H,5-9H2,1-4H3/t11-,12+,13-,14-,15+/m0/s1. The van der Waals surface area contributed by atoms with Crippen LogP contribution in [0.2, 0.25) is 0 Å². The van der Waals surface area contributed by atoms with E-state index in [1.54, 1.807) is 0 Å². The van der Waals surface area contributed by atoms with Gasteiger partial charge >= 0.3 is 0 Å². The normalized spacial score (nSPS) is 46.6. The van der Waals surface area contributed by atoms with Gasteiger partial charge in [-0.05, 0) is 54.8 Å². The Labute approximate surface area is 95.8 Å². The summed E-state index contributed by atoms with van der Waals surface area (Å²) in [5.74, 6) is 6.10. The van der Waals surface area contributed by atoms with Crippen LogP contribution in [0.4, 0.5) is 0 Å². The van der Waals surface area contributed by atoms with Crippen molar-refractivity contribution >= 4 is 0 Å². The van der Waals surface area contributed by atoms with Crippen LogP contribution in [0.5, 0.6) is 0 Å². The molecule has 0 amide bonds. The van der Waals surface area contributed by atoms with Crippen LogP contribution in [0.25, 0.3) is 0 Å². The summed E-state index contributed by atoms with van der Waals surface area (Å²) < 4.78 is 0. The molecule has 5 atom stereocenters. The van der Waals surface area contributed by atoms with Crippen molar-refractivity contribution in [3.8, 4) is 0 Å². The lowest BCUT2D eigenvalue weighted by Gasteiger charge is -2.48. The van der Waals surface area contributed by atoms with Gasteiger partial charge in [-0.1, -0.05) is 40.5 Å². The minimum atomic E-state index is 0.912. The maximum absolute atomic E-state index is 2.50. The number of fused-ring (bicyclic) bond motifs is 1. The van der Waals surface area contributed by atoms with Crippen molar-refractivity contribution in [1.29, 1.82) is 0 Å². The molecule has 0 aliphatic heterocycles. The second-order valence-electron chi connectivity index (χ2n) is 6.71. The number of rotatable bonds is 1. The van der Waals surface area contributed by atoms with E-state index in [-0.39, 0.29) is 0 Å². The molecule has 15 heavy (non-hydrogen) atoms. The minimum absolute atomic E-state index is 0.912. The van der Waals surface area contributed by atoms with Crippen molar-refractivity contribution in [1.82, 2.24) is 0 Å². The van der Waals surface area contributed by atoms with Crippen molar-refractivity contribution in [3.05, 3.63) is 0 Å². The third kappa shape index (κ3) is 2.24. The highest BCUT2D eigenvalue weighted by atomic mass is 14.5. The van der Waals surface area contributed by atoms with Crippen molar-refractivity contribution < 1.29 is 0 Å². The zero-order valence-electron chi connectivity index (χ0n) is 11.0. The zero-order valence-corrected chi connectivity index (χ0v) is 11.0. The Bertz CT molecular complexity index is 202. The second kappa shape index (κ2) is 4.47. The summed E-state index contributed by atoms with van der Waals surface area (Å²) in [7, 11) is 0. The van der Waals surface area contributed by atoms with Gasteiger partial charge < -0.3 is 0 Å². The van der Waals surface area contributed by atoms with Crippen molar-refractivity contribution in [2.75, 3.05) is 0 Å². The molecule has 0 radical (unpaired) electrons. The summed E-state index contributed by atoms with van der Waals surface area (Å²) in [5.41, 5.74) is 0. The molecule has 2 aliphatic rings. The molecule has 0 spiro atoms. The highest BCUT2D eigenvalue weighted by molar-refractivity contribution is 4.90. The molecule has 2 saturated carbocycles. The van der Waals surface area contributed by atoms with E-state index in [0.29, 0.717) is 0 Å². The molecule has 88 valence electrons. The Morgan fingerprint density at radius 3 is 2.27 bits per heavy atom. The molecule has 0 unspecified atom stereocenters. The highest BCUT2D eigenvalue weighted by Crippen LogP contribution is 2.50. The molecule has 2 aliphatic carbocycles. The zero-order chi connectivity index (χ0) is 11.0. The van der Waals surface area contributed by atoms with E-state index < -0.39 is 0 Å². The quantitative estimate of drug-likeness (QED) is 0.584. The van der Waals surface area contributed by atoms with Gasteiger partial charge in [-0.25, -0.2) is 0 Å². The number of hydrogen-bond acceptors (Lipinski definition) is 0. The van der Waals surface area contributed by atoms with Gasteiger partial charge in [-0.2, -0.15) is 0 Å². The smallest absolute Gasteiger partial charge is 0.0350 e. The first-order chi connectivity index (χ1) is 7.09. The summed E-state index contributed by atoms with van der Waals surface area (Å²) >= 11 is 0. The van der Waals surface area contributed by atoms with E-state index >= 15 is 0 Å². The van der Waals surface area contributed by atoms with Gasteiger partial charge in [0.05, 0.1) is 0 Å². The van der Waals surface area contributed by atoms with Gasteiger partial charge in [0, 0.05) is 0 Å². The Hall–Kier alpha value is 0. The molecule has 0 aromatic heterocycles. The first-order valence-electron chi connectivity index (χ1n) is 7.09. The lowest BCUT2D eigenvalue weighted by molar-refractivity contribution is 0.0182. The van der Waals surface area contributed by atoms with Crippen LogP contribution in [0.1, 0.15) is 59.8 Å². The number of hydrogen-bond donors (Lipinski definition) is 0. The van der Waals surface area contributed by atoms with Crippen LogP contribution in [0, 0.1) is 35.5 Å². The lowest BCUT2D eigenvalue weighted by atomic mass is 9.57. The average molecular weight is 208 g/mol. The summed E-state index contributed by atoms with van der Waals surface area (Å²) in [6.07, 6.45) is 7.55. The topological polar surface area (TPSA) is 0 Å². The fraction of sp³-hybridized carbons (Fsp3) is 1.00. The van der Waals surface area contributed by atoms with Crippen molar-refractivity contribution in [3.63, 3.8) is 0 Å². The minimum Gasteiger partial charge on any atom is -0.0625 e. The summed E-state index contributed by atoms with van der Waals surface area (Å²) in [4.78, 5) is 0. The molecule has 0 aromatic carbocycles. The van der Waals surface area contributed by atoms with E-state index in [0.717, 1.165) is 35.5 Å². The Kier molecular flexibility index (Phi) is 3.42. The molecule has 0 heterocycles. The average Bonchev–Trinajstić information content (AvgIpc) is 2.17. The first kappa shape index (κ1) is 11.5. The first-order valence-corrected chi connectivity index (χ1v) is 7.09. The SMILES string of the molecule is CC(C)[C@@H]1CC[C@@H](C)[C@@H]2CC[C@H](C)C[C@@H]21. The van der Waals surface area contributed by atoms with E-state index in [1.165, 1.54) is 32.1 Å². The molecule has 0 nitrogen and oxygen atoms in total. The third-order valence-electron chi connectivity index (χ3n) is 5.31. The third-order valence-corrected chi connectivity index (χ3v) is 5.31. The fourth-order valence-electron chi connectivity index (χ4n) is 4.36. The predicted octanol–water partition coefficient (Wildman–Crippen LogP) is 4.74. The maximum atomic E-state index is 2.50. The Balaban J connectivity index is 2.10. The molecular formula is C15H28. The molecule has 2 fully saturated rings. The second-order valence-corrected chi connectivity index (χ2v) is 6.71. The van der Waals surface area contributed by atoms with E-state index in [4.69, 9.17) is 0 Å². The fourth-order valence-corrected chi connectivity index (χ4v) is 4.36. The molecular weight excluding hydrogens is 180 g/mol. The lowest BCUT2D eigenvalue weighted by Crippen LogP contribution is -2.39. The van der Waals surface area contributed by atoms with Crippen LogP contribution < -0.4 is 0 Å². The summed E-state index contributed by atoms with van der Waals surface area (Å²) in [5, 5.41) is 0. The van der Waals surface area contributed by atoms with Gasteiger partial charge in [0.1, 0.15) is 0 Å². The van der Waals surface area contributed by atoms with Crippen molar-refractivity contribution in [2.45, 2.75) is 59.8 Å². The molecule has 0 saturated heterocycles. The van der Waals surface area contributed by atoms with Crippen LogP contribution >= 0.6 is 0 Å². The monoisotopic (exact) mass is 208 g/mol. The molecule has 0 aromatic rings. The summed E-state index contributed by atoms with van der Waals surface area (Å²) in [6, 6.07) is 0. The highest BCUT2D eigenvalue weighted by Gasteiger charge is 2.41. The Morgan fingerprint density at radius 1 is 0.867 bits per heavy atom. The Morgan fingerprint density at radius 2 is 1.60 bits per heavy atom. The van der Waals surface area contributed by atoms with Crippen LogP contribution in [0.3, 0.4) is 0 Å². The van der Waals surface area contributed by atoms with Crippen LogP contribution in [0.15, 0.2) is 0 Å². The molecule has 2 rings (SSSR count). The van der Waals surface area contributed by atoms with Gasteiger partial charge in [0.25, 0.3) is 0 Å². The van der Waals surface area contributed by atoms with Gasteiger partial charge in [-0.15, -0.1) is 0 Å². The van der Waals surface area contributed by atoms with E-state index in [1.807, 2.05) is 0 Å². The molecule has 0 bridgehead atoms. The largest absolute Gasteiger partial charge is 0.0625 e. The van der Waals surface area contributed by atoms with Crippen LogP contribution in [-0.2, 0) is 0 Å². The van der Waals surface area contributed by atoms with Gasteiger partial charge in [0.15, 0.2) is 0 Å². The molecule has 0 heteroatoms. The van der Waals surface area contributed by atoms with Gasteiger partial charge in [-0.3, -0.25) is 0 Å². The van der Waals surface area contributed by atoms with Gasteiger partial charge in [0.2, 0.25) is 0 Å². The predicted molar refractivity (Wildman–Crippen MR) is 66.7 cm³/mol. The van der Waals surface area contributed by atoms with E-state index in [2.05, 4.69) is 27.7 Å². The molecule has 0 N–H and O–H groups in total. The van der Waals surface area contributed by atoms with Crippen LogP contribution in [-0.4, -0.2) is 0 Å². The maximum Gasteiger partial charge on any atom is -0.0350 e.